The summed E-state index contributed by atoms with van der Waals surface area (Å²) in [6.45, 7) is 0. The molecule has 0 spiro atoms. The van der Waals surface area contributed by atoms with Crippen molar-refractivity contribution >= 4 is 34.4 Å². The van der Waals surface area contributed by atoms with Gasteiger partial charge >= 0.3 is 0 Å². The van der Waals surface area contributed by atoms with Crippen LogP contribution in [0.15, 0.2) is 12.3 Å². The zero-order valence-corrected chi connectivity index (χ0v) is 7.83. The van der Waals surface area contributed by atoms with Gasteiger partial charge in [0.2, 0.25) is 5.95 Å². The molecule has 1 amide bonds. The van der Waals surface area contributed by atoms with Crippen LogP contribution in [0.25, 0.3) is 0 Å². The molecule has 0 saturated heterocycles. The highest BCUT2D eigenvalue weighted by molar-refractivity contribution is 14.1. The minimum absolute atomic E-state index is 0.219. The minimum atomic E-state index is -1.44. The molecule has 64 valence electrons. The number of hydrogen-bond acceptors (Lipinski definition) is 3. The molecule has 0 atom stereocenters. The van der Waals surface area contributed by atoms with Crippen LogP contribution in [0.3, 0.4) is 0 Å². The molecule has 1 aromatic rings. The molecule has 1 heterocycles. The molecule has 0 aliphatic carbocycles. The lowest BCUT2D eigenvalue weighted by molar-refractivity contribution is -0.242. The van der Waals surface area contributed by atoms with Crippen molar-refractivity contribution in [3.63, 3.8) is 0 Å². The highest BCUT2D eigenvalue weighted by atomic mass is 127. The Balaban J connectivity index is 2.93. The van der Waals surface area contributed by atoms with Crippen LogP contribution in [-0.4, -0.2) is 11.1 Å². The zero-order chi connectivity index (χ0) is 9.14. The summed E-state index contributed by atoms with van der Waals surface area (Å²) in [4.78, 5) is 13.3. The van der Waals surface area contributed by atoms with Crippen molar-refractivity contribution < 1.29 is 14.3 Å². The van der Waals surface area contributed by atoms with Gasteiger partial charge in [0, 0.05) is 9.64 Å². The van der Waals surface area contributed by atoms with E-state index >= 15 is 0 Å². The average Bonchev–Trinajstić information content (AvgIpc) is 1.94. The standard InChI is InChI=1S/C6H4FIN2O2/c7-5-1-3(8)4(2-9-5)10-6(11)12/h1-2,10H,(H,11,12)/p-1. The molecule has 0 radical (unpaired) electrons. The van der Waals surface area contributed by atoms with E-state index in [1.807, 2.05) is 5.32 Å². The molecule has 6 heteroatoms. The number of pyridine rings is 1. The van der Waals surface area contributed by atoms with Gasteiger partial charge in [-0.15, -0.1) is 0 Å². The number of nitrogens with zero attached hydrogens (tertiary/aromatic N) is 1. The smallest absolute Gasteiger partial charge is 0.214 e. The number of anilines is 1. The zero-order valence-electron chi connectivity index (χ0n) is 5.67. The van der Waals surface area contributed by atoms with Gasteiger partial charge < -0.3 is 15.2 Å². The SMILES string of the molecule is O=C([O-])Nc1cnc(F)cc1I. The van der Waals surface area contributed by atoms with Crippen LogP contribution in [0.5, 0.6) is 0 Å². The van der Waals surface area contributed by atoms with Gasteiger partial charge in [0.15, 0.2) is 0 Å². The van der Waals surface area contributed by atoms with E-state index in [9.17, 15) is 14.3 Å². The van der Waals surface area contributed by atoms with Crippen LogP contribution in [-0.2, 0) is 0 Å². The molecule has 0 bridgehead atoms. The first-order valence-electron chi connectivity index (χ1n) is 2.88. The topological polar surface area (TPSA) is 65.0 Å². The number of amides is 1. The van der Waals surface area contributed by atoms with Crippen molar-refractivity contribution in [3.8, 4) is 0 Å². The highest BCUT2D eigenvalue weighted by Gasteiger charge is 2.00. The summed E-state index contributed by atoms with van der Waals surface area (Å²) < 4.78 is 12.8. The summed E-state index contributed by atoms with van der Waals surface area (Å²) in [6.07, 6.45) is -0.353. The van der Waals surface area contributed by atoms with Crippen LogP contribution in [0.4, 0.5) is 14.9 Å². The number of rotatable bonds is 1. The number of halogens is 2. The van der Waals surface area contributed by atoms with E-state index in [2.05, 4.69) is 4.98 Å². The first kappa shape index (κ1) is 9.17. The number of nitrogens with one attached hydrogen (secondary N) is 1. The third-order valence-corrected chi connectivity index (χ3v) is 1.95. The van der Waals surface area contributed by atoms with Crippen LogP contribution in [0.2, 0.25) is 0 Å². The van der Waals surface area contributed by atoms with Gasteiger partial charge in [-0.05, 0) is 22.6 Å². The van der Waals surface area contributed by atoms with Crippen molar-refractivity contribution in [2.45, 2.75) is 0 Å². The van der Waals surface area contributed by atoms with Crippen molar-refractivity contribution in [1.82, 2.24) is 4.98 Å². The summed E-state index contributed by atoms with van der Waals surface area (Å²) >= 11 is 1.79. The molecule has 12 heavy (non-hydrogen) atoms. The first-order chi connectivity index (χ1) is 5.59. The Hall–Kier alpha value is -0.920. The third kappa shape index (κ3) is 2.29. The van der Waals surface area contributed by atoms with E-state index < -0.39 is 12.0 Å². The van der Waals surface area contributed by atoms with E-state index in [1.54, 1.807) is 22.6 Å². The van der Waals surface area contributed by atoms with Crippen LogP contribution in [0.1, 0.15) is 0 Å². The Kier molecular flexibility index (Phi) is 2.79. The molecular formula is C6H3FIN2O2-. The van der Waals surface area contributed by atoms with Crippen LogP contribution in [0, 0.1) is 9.52 Å². The van der Waals surface area contributed by atoms with Gasteiger partial charge in [-0.2, -0.15) is 4.39 Å². The lowest BCUT2D eigenvalue weighted by Gasteiger charge is -2.07. The quantitative estimate of drug-likeness (QED) is 0.605. The second kappa shape index (κ2) is 3.65. The van der Waals surface area contributed by atoms with Crippen molar-refractivity contribution in [3.05, 3.63) is 21.8 Å². The second-order valence-corrected chi connectivity index (χ2v) is 3.06. The Bertz CT molecular complexity index is 318. The fourth-order valence-electron chi connectivity index (χ4n) is 0.609. The summed E-state index contributed by atoms with van der Waals surface area (Å²) in [5.41, 5.74) is 0.219. The van der Waals surface area contributed by atoms with Gasteiger partial charge in [-0.1, -0.05) is 0 Å². The minimum Gasteiger partial charge on any atom is -0.530 e. The molecule has 1 N–H and O–H groups in total. The monoisotopic (exact) mass is 281 g/mol. The molecule has 1 rings (SSSR count). The van der Waals surface area contributed by atoms with Gasteiger partial charge in [0.1, 0.15) is 6.09 Å². The summed E-state index contributed by atoms with van der Waals surface area (Å²) in [6, 6.07) is 1.12. The fraction of sp³-hybridized carbons (Fsp3) is 0. The van der Waals surface area contributed by atoms with Crippen molar-refractivity contribution in [2.24, 2.45) is 0 Å². The lowest BCUT2D eigenvalue weighted by Crippen LogP contribution is -2.29. The maximum absolute atomic E-state index is 12.4. The van der Waals surface area contributed by atoms with E-state index in [4.69, 9.17) is 0 Å². The maximum Gasteiger partial charge on any atom is 0.214 e. The second-order valence-electron chi connectivity index (χ2n) is 1.90. The maximum atomic E-state index is 12.4. The van der Waals surface area contributed by atoms with E-state index in [1.165, 1.54) is 0 Å². The first-order valence-corrected chi connectivity index (χ1v) is 3.96. The molecule has 0 aliphatic heterocycles. The van der Waals surface area contributed by atoms with Gasteiger partial charge in [0.05, 0.1) is 11.9 Å². The number of aromatic nitrogens is 1. The Morgan fingerprint density at radius 1 is 1.75 bits per heavy atom. The fourth-order valence-corrected chi connectivity index (χ4v) is 1.14. The van der Waals surface area contributed by atoms with Crippen LogP contribution >= 0.6 is 22.6 Å². The molecule has 0 aliphatic rings. The molecule has 0 aromatic carbocycles. The van der Waals surface area contributed by atoms with Crippen LogP contribution < -0.4 is 10.4 Å². The number of carbonyl (C=O) groups is 1. The van der Waals surface area contributed by atoms with Gasteiger partial charge in [-0.25, -0.2) is 4.98 Å². The summed E-state index contributed by atoms with van der Waals surface area (Å²) in [5.74, 6) is -0.650. The predicted molar refractivity (Wildman–Crippen MR) is 45.9 cm³/mol. The number of carboxylic acid groups (broad SMARTS) is 1. The normalized spacial score (nSPS) is 9.50. The lowest BCUT2D eigenvalue weighted by atomic mass is 10.4. The number of carbonyl (C=O) groups excluding carboxylic acids is 1. The van der Waals surface area contributed by atoms with Gasteiger partial charge in [-0.3, -0.25) is 0 Å². The molecule has 0 unspecified atom stereocenters. The summed E-state index contributed by atoms with van der Waals surface area (Å²) in [7, 11) is 0. The van der Waals surface area contributed by atoms with Gasteiger partial charge in [0.25, 0.3) is 0 Å². The van der Waals surface area contributed by atoms with E-state index in [0.29, 0.717) is 3.57 Å². The molecular weight excluding hydrogens is 278 g/mol. The van der Waals surface area contributed by atoms with E-state index in [0.717, 1.165) is 12.3 Å². The Morgan fingerprint density at radius 2 is 2.42 bits per heavy atom. The summed E-state index contributed by atoms with van der Waals surface area (Å²) in [5, 5.41) is 12.0. The highest BCUT2D eigenvalue weighted by Crippen LogP contribution is 2.16. The Labute approximate surface area is 80.9 Å². The number of hydrogen-bond donors (Lipinski definition) is 1. The molecule has 1 aromatic heterocycles. The largest absolute Gasteiger partial charge is 0.530 e. The predicted octanol–water partition coefficient (Wildman–Crippen LogP) is 0.580. The molecule has 0 fully saturated rings. The van der Waals surface area contributed by atoms with Crippen molar-refractivity contribution in [1.29, 1.82) is 0 Å². The molecule has 0 saturated carbocycles. The average molecular weight is 281 g/mol. The Morgan fingerprint density at radius 3 is 2.92 bits per heavy atom. The van der Waals surface area contributed by atoms with Crippen molar-refractivity contribution in [2.75, 3.05) is 5.32 Å². The molecule has 4 nitrogen and oxygen atoms in total. The van der Waals surface area contributed by atoms with E-state index in [-0.39, 0.29) is 5.69 Å². The third-order valence-electron chi connectivity index (χ3n) is 1.06.